The molecule has 2 aromatic rings. The van der Waals surface area contributed by atoms with E-state index in [1.807, 2.05) is 32.8 Å². The van der Waals surface area contributed by atoms with Crippen LogP contribution in [0.1, 0.15) is 37.4 Å². The summed E-state index contributed by atoms with van der Waals surface area (Å²) in [5.41, 5.74) is 1.00. The molecule has 0 radical (unpaired) electrons. The number of likely N-dealkylation sites (tertiary alicyclic amines) is 1. The van der Waals surface area contributed by atoms with E-state index in [-0.39, 0.29) is 17.4 Å². The molecule has 1 saturated heterocycles. The molecule has 1 N–H and O–H groups in total. The topological polar surface area (TPSA) is 88.5 Å². The number of aliphatic hydroxyl groups excluding tert-OH is 1. The van der Waals surface area contributed by atoms with Gasteiger partial charge in [-0.3, -0.25) is 9.59 Å². The van der Waals surface area contributed by atoms with Gasteiger partial charge in [0.15, 0.2) is 11.5 Å². The third-order valence-electron chi connectivity index (χ3n) is 5.77. The first kappa shape index (κ1) is 26.1. The molecule has 35 heavy (non-hydrogen) atoms. The Balaban J connectivity index is 2.14. The number of hydrogen-bond donors (Lipinski definition) is 1. The quantitative estimate of drug-likeness (QED) is 0.312. The zero-order chi connectivity index (χ0) is 25.7. The number of Topliss-reactive ketones (excluding diaryl/α,β-unsaturated/α-hetero) is 1. The SMILES string of the molecule is COc1cccc([C@H]2/C(=C(\O)c3ccc(OC(C)C)cc3)C(=O)C(=O)N2CCCN(C)C)c1OC. The van der Waals surface area contributed by atoms with Crippen LogP contribution in [0, 0.1) is 0 Å². The number of hydrogen-bond acceptors (Lipinski definition) is 7. The van der Waals surface area contributed by atoms with Crippen molar-refractivity contribution in [2.75, 3.05) is 41.4 Å². The maximum absolute atomic E-state index is 13.3. The van der Waals surface area contributed by atoms with Crippen LogP contribution in [0.4, 0.5) is 0 Å². The molecule has 3 rings (SSSR count). The van der Waals surface area contributed by atoms with Gasteiger partial charge in [0, 0.05) is 17.7 Å². The molecule has 0 aromatic heterocycles. The minimum atomic E-state index is -0.825. The smallest absolute Gasteiger partial charge is 0.295 e. The summed E-state index contributed by atoms with van der Waals surface area (Å²) in [7, 11) is 6.93. The van der Waals surface area contributed by atoms with E-state index in [2.05, 4.69) is 0 Å². The fraction of sp³-hybridized carbons (Fsp3) is 0.407. The number of benzene rings is 2. The van der Waals surface area contributed by atoms with Crippen molar-refractivity contribution in [3.05, 3.63) is 59.2 Å². The highest BCUT2D eigenvalue weighted by atomic mass is 16.5. The van der Waals surface area contributed by atoms with Crippen molar-refractivity contribution in [1.29, 1.82) is 0 Å². The Kier molecular flexibility index (Phi) is 8.40. The van der Waals surface area contributed by atoms with Crippen LogP contribution in [0.15, 0.2) is 48.0 Å². The Hall–Kier alpha value is -3.52. The number of ketones is 1. The molecule has 8 nitrogen and oxygen atoms in total. The molecule has 1 aliphatic heterocycles. The van der Waals surface area contributed by atoms with Crippen molar-refractivity contribution in [3.8, 4) is 17.2 Å². The van der Waals surface area contributed by atoms with Gasteiger partial charge in [0.1, 0.15) is 11.5 Å². The van der Waals surface area contributed by atoms with Gasteiger partial charge in [-0.1, -0.05) is 12.1 Å². The Labute approximate surface area is 206 Å². The van der Waals surface area contributed by atoms with Crippen molar-refractivity contribution in [2.45, 2.75) is 32.4 Å². The number of rotatable bonds is 10. The van der Waals surface area contributed by atoms with Crippen LogP contribution in [0.3, 0.4) is 0 Å². The predicted molar refractivity (Wildman–Crippen MR) is 134 cm³/mol. The van der Waals surface area contributed by atoms with Crippen LogP contribution in [-0.2, 0) is 9.59 Å². The van der Waals surface area contributed by atoms with Crippen LogP contribution in [0.25, 0.3) is 5.76 Å². The molecule has 0 saturated carbocycles. The molecule has 1 heterocycles. The maximum atomic E-state index is 13.3. The van der Waals surface area contributed by atoms with Crippen molar-refractivity contribution in [2.24, 2.45) is 0 Å². The number of methoxy groups -OCH3 is 2. The molecule has 8 heteroatoms. The van der Waals surface area contributed by atoms with Gasteiger partial charge < -0.3 is 29.1 Å². The third-order valence-corrected chi connectivity index (χ3v) is 5.77. The van der Waals surface area contributed by atoms with Crippen LogP contribution < -0.4 is 14.2 Å². The number of carbonyl (C=O) groups excluding carboxylic acids is 2. The molecule has 1 aliphatic rings. The number of amides is 1. The van der Waals surface area contributed by atoms with Gasteiger partial charge in [-0.25, -0.2) is 0 Å². The van der Waals surface area contributed by atoms with Gasteiger partial charge in [-0.2, -0.15) is 0 Å². The van der Waals surface area contributed by atoms with E-state index in [1.54, 1.807) is 42.5 Å². The van der Waals surface area contributed by atoms with E-state index in [4.69, 9.17) is 14.2 Å². The Bertz CT molecular complexity index is 1090. The Morgan fingerprint density at radius 2 is 1.74 bits per heavy atom. The second-order valence-corrected chi connectivity index (χ2v) is 8.92. The third kappa shape index (κ3) is 5.59. The molecule has 0 spiro atoms. The van der Waals surface area contributed by atoms with E-state index < -0.39 is 17.7 Å². The van der Waals surface area contributed by atoms with Gasteiger partial charge >= 0.3 is 0 Å². The molecule has 1 amide bonds. The summed E-state index contributed by atoms with van der Waals surface area (Å²) in [6.45, 7) is 4.92. The number of nitrogens with zero attached hydrogens (tertiary/aromatic N) is 2. The summed E-state index contributed by atoms with van der Waals surface area (Å²) in [6.07, 6.45) is 0.659. The van der Waals surface area contributed by atoms with Crippen LogP contribution in [-0.4, -0.2) is 74.1 Å². The lowest BCUT2D eigenvalue weighted by Crippen LogP contribution is -2.32. The highest BCUT2D eigenvalue weighted by Crippen LogP contribution is 2.45. The average Bonchev–Trinajstić information content (AvgIpc) is 3.07. The molecule has 0 aliphatic carbocycles. The molecule has 0 unspecified atom stereocenters. The highest BCUT2D eigenvalue weighted by molar-refractivity contribution is 6.46. The molecule has 2 aromatic carbocycles. The molecule has 1 fully saturated rings. The van der Waals surface area contributed by atoms with E-state index in [0.717, 1.165) is 6.54 Å². The number of ether oxygens (including phenoxy) is 3. The fourth-order valence-corrected chi connectivity index (χ4v) is 4.24. The van der Waals surface area contributed by atoms with Crippen LogP contribution >= 0.6 is 0 Å². The first-order chi connectivity index (χ1) is 16.7. The van der Waals surface area contributed by atoms with E-state index in [1.165, 1.54) is 19.1 Å². The lowest BCUT2D eigenvalue weighted by atomic mass is 9.94. The van der Waals surface area contributed by atoms with E-state index in [0.29, 0.717) is 41.3 Å². The van der Waals surface area contributed by atoms with Crippen molar-refractivity contribution in [3.63, 3.8) is 0 Å². The minimum absolute atomic E-state index is 0.00228. The van der Waals surface area contributed by atoms with Gasteiger partial charge in [-0.05, 0) is 71.2 Å². The molecular formula is C27H34N2O6. The first-order valence-electron chi connectivity index (χ1n) is 11.6. The second kappa shape index (κ2) is 11.3. The fourth-order valence-electron chi connectivity index (χ4n) is 4.24. The summed E-state index contributed by atoms with van der Waals surface area (Å²) >= 11 is 0. The predicted octanol–water partition coefficient (Wildman–Crippen LogP) is 3.86. The zero-order valence-electron chi connectivity index (χ0n) is 21.2. The minimum Gasteiger partial charge on any atom is -0.507 e. The van der Waals surface area contributed by atoms with Gasteiger partial charge in [-0.15, -0.1) is 0 Å². The van der Waals surface area contributed by atoms with Gasteiger partial charge in [0.2, 0.25) is 0 Å². The Morgan fingerprint density at radius 3 is 2.31 bits per heavy atom. The number of para-hydroxylation sites is 1. The van der Waals surface area contributed by atoms with Crippen molar-refractivity contribution >= 4 is 17.4 Å². The molecule has 1 atom stereocenters. The second-order valence-electron chi connectivity index (χ2n) is 8.92. The van der Waals surface area contributed by atoms with Gasteiger partial charge in [0.05, 0.1) is 31.9 Å². The van der Waals surface area contributed by atoms with E-state index >= 15 is 0 Å². The zero-order valence-corrected chi connectivity index (χ0v) is 21.2. The molecule has 0 bridgehead atoms. The monoisotopic (exact) mass is 482 g/mol. The number of carbonyl (C=O) groups is 2. The lowest BCUT2D eigenvalue weighted by Gasteiger charge is -2.27. The summed E-state index contributed by atoms with van der Waals surface area (Å²) in [5.74, 6) is -0.106. The normalized spacial score (nSPS) is 17.4. The summed E-state index contributed by atoms with van der Waals surface area (Å²) in [4.78, 5) is 29.9. The molecule has 188 valence electrons. The van der Waals surface area contributed by atoms with Crippen LogP contribution in [0.5, 0.6) is 17.2 Å². The Morgan fingerprint density at radius 1 is 1.06 bits per heavy atom. The van der Waals surface area contributed by atoms with Gasteiger partial charge in [0.25, 0.3) is 11.7 Å². The highest BCUT2D eigenvalue weighted by Gasteiger charge is 2.47. The standard InChI is InChI=1S/C27H34N2O6/c1-17(2)35-19-13-11-18(12-14-19)24(30)22-23(20-9-7-10-21(33-5)26(20)34-6)29(27(32)25(22)31)16-8-15-28(3)4/h7,9-14,17,23,30H,8,15-16H2,1-6H3/b24-22+/t23-/m0/s1. The van der Waals surface area contributed by atoms with E-state index in [9.17, 15) is 14.7 Å². The lowest BCUT2D eigenvalue weighted by molar-refractivity contribution is -0.140. The molecular weight excluding hydrogens is 448 g/mol. The summed E-state index contributed by atoms with van der Waals surface area (Å²) in [6, 6.07) is 11.3. The first-order valence-corrected chi connectivity index (χ1v) is 11.6. The summed E-state index contributed by atoms with van der Waals surface area (Å²) in [5, 5.41) is 11.3. The largest absolute Gasteiger partial charge is 0.507 e. The van der Waals surface area contributed by atoms with Crippen molar-refractivity contribution < 1.29 is 28.9 Å². The van der Waals surface area contributed by atoms with Crippen molar-refractivity contribution in [1.82, 2.24) is 9.80 Å². The van der Waals surface area contributed by atoms with Crippen LogP contribution in [0.2, 0.25) is 0 Å². The average molecular weight is 483 g/mol. The summed E-state index contributed by atoms with van der Waals surface area (Å²) < 4.78 is 16.8. The maximum Gasteiger partial charge on any atom is 0.295 e. The number of aliphatic hydroxyl groups is 1.